The number of carbonyl (C=O) groups excluding carboxylic acids is 2. The van der Waals surface area contributed by atoms with Crippen molar-refractivity contribution in [1.29, 1.82) is 0 Å². The largest absolute Gasteiger partial charge is 0.379 e. The molecule has 2 aliphatic rings. The minimum absolute atomic E-state index is 0.00965. The molecule has 1 amide bonds. The first-order valence-corrected chi connectivity index (χ1v) is 11.8. The standard InChI is InChI=1S/C26H21Cl2FN2O4/c1-15(32)16-10-22-24(23(29)11-16)26(35-21-8-9-34-14-21,17-2-4-18(27)5-3-17)31(25(22)33)13-20-7-6-19(28)12-30-20/h2-7,10-12,21H,8-9,13-14H2,1H3. The lowest BCUT2D eigenvalue weighted by Gasteiger charge is -2.41. The van der Waals surface area contributed by atoms with E-state index in [1.165, 1.54) is 24.1 Å². The van der Waals surface area contributed by atoms with E-state index >= 15 is 4.39 Å². The Hall–Kier alpha value is -2.84. The molecule has 35 heavy (non-hydrogen) atoms. The number of nitrogens with zero attached hydrogens (tertiary/aromatic N) is 2. The van der Waals surface area contributed by atoms with Crippen LogP contribution in [0.4, 0.5) is 4.39 Å². The highest BCUT2D eigenvalue weighted by Gasteiger charge is 2.55. The molecule has 0 bridgehead atoms. The molecule has 0 radical (unpaired) electrons. The molecule has 3 heterocycles. The van der Waals surface area contributed by atoms with Gasteiger partial charge >= 0.3 is 0 Å². The summed E-state index contributed by atoms with van der Waals surface area (Å²) in [5, 5.41) is 0.932. The van der Waals surface area contributed by atoms with Crippen LogP contribution in [0.2, 0.25) is 10.0 Å². The highest BCUT2D eigenvalue weighted by atomic mass is 35.5. The molecule has 2 unspecified atom stereocenters. The van der Waals surface area contributed by atoms with Crippen LogP contribution in [0.1, 0.15) is 50.9 Å². The smallest absolute Gasteiger partial charge is 0.257 e. The zero-order valence-electron chi connectivity index (χ0n) is 18.8. The van der Waals surface area contributed by atoms with Gasteiger partial charge < -0.3 is 9.47 Å². The average Bonchev–Trinajstić information content (AvgIpc) is 3.42. The van der Waals surface area contributed by atoms with Crippen LogP contribution in [-0.4, -0.2) is 40.9 Å². The molecule has 1 aromatic heterocycles. The molecule has 0 spiro atoms. The summed E-state index contributed by atoms with van der Waals surface area (Å²) >= 11 is 12.2. The van der Waals surface area contributed by atoms with Gasteiger partial charge in [0.15, 0.2) is 5.78 Å². The van der Waals surface area contributed by atoms with Crippen molar-refractivity contribution in [3.63, 3.8) is 0 Å². The Morgan fingerprint density at radius 3 is 2.57 bits per heavy atom. The quantitative estimate of drug-likeness (QED) is 0.412. The van der Waals surface area contributed by atoms with Gasteiger partial charge in [-0.1, -0.05) is 35.3 Å². The number of pyridine rings is 1. The first kappa shape index (κ1) is 23.9. The van der Waals surface area contributed by atoms with Crippen LogP contribution in [0.25, 0.3) is 0 Å². The van der Waals surface area contributed by atoms with Gasteiger partial charge in [0.25, 0.3) is 5.91 Å². The minimum Gasteiger partial charge on any atom is -0.379 e. The second kappa shape index (κ2) is 9.32. The monoisotopic (exact) mass is 514 g/mol. The number of hydrogen-bond acceptors (Lipinski definition) is 5. The summed E-state index contributed by atoms with van der Waals surface area (Å²) in [6, 6.07) is 12.7. The van der Waals surface area contributed by atoms with Crippen molar-refractivity contribution in [2.24, 2.45) is 0 Å². The van der Waals surface area contributed by atoms with Crippen molar-refractivity contribution in [1.82, 2.24) is 9.88 Å². The third-order valence-electron chi connectivity index (χ3n) is 6.26. The van der Waals surface area contributed by atoms with E-state index in [2.05, 4.69) is 4.98 Å². The van der Waals surface area contributed by atoms with E-state index in [9.17, 15) is 9.59 Å². The number of halogens is 3. The van der Waals surface area contributed by atoms with Gasteiger partial charge in [0.2, 0.25) is 5.72 Å². The second-order valence-corrected chi connectivity index (χ2v) is 9.42. The molecule has 2 aliphatic heterocycles. The Labute approximate surface area is 211 Å². The van der Waals surface area contributed by atoms with Crippen LogP contribution in [0.3, 0.4) is 0 Å². The van der Waals surface area contributed by atoms with E-state index < -0.39 is 23.6 Å². The van der Waals surface area contributed by atoms with Crippen molar-refractivity contribution in [2.75, 3.05) is 13.2 Å². The van der Waals surface area contributed by atoms with Crippen LogP contribution in [0, 0.1) is 5.82 Å². The number of Topliss-reactive ketones (excluding diaryl/α,β-unsaturated/α-hetero) is 1. The first-order chi connectivity index (χ1) is 16.8. The van der Waals surface area contributed by atoms with Gasteiger partial charge in [-0.3, -0.25) is 19.5 Å². The van der Waals surface area contributed by atoms with E-state index in [0.717, 1.165) is 6.07 Å². The fourth-order valence-electron chi connectivity index (χ4n) is 4.61. The Balaban J connectivity index is 1.76. The Bertz CT molecular complexity index is 1290. The van der Waals surface area contributed by atoms with Crippen molar-refractivity contribution < 1.29 is 23.5 Å². The molecule has 0 aliphatic carbocycles. The third-order valence-corrected chi connectivity index (χ3v) is 6.74. The number of amides is 1. The molecule has 2 aromatic carbocycles. The highest BCUT2D eigenvalue weighted by Crippen LogP contribution is 2.49. The van der Waals surface area contributed by atoms with Gasteiger partial charge in [0.05, 0.1) is 41.1 Å². The SMILES string of the molecule is CC(=O)c1cc(F)c2c(c1)C(=O)N(Cc1ccc(Cl)cn1)C2(OC1CCOC1)c1ccc(Cl)cc1. The number of ketones is 1. The number of hydrogen-bond donors (Lipinski definition) is 0. The zero-order valence-corrected chi connectivity index (χ0v) is 20.3. The van der Waals surface area contributed by atoms with Gasteiger partial charge in [-0.2, -0.15) is 0 Å². The van der Waals surface area contributed by atoms with E-state index in [1.54, 1.807) is 36.4 Å². The van der Waals surface area contributed by atoms with E-state index in [1.807, 2.05) is 0 Å². The maximum absolute atomic E-state index is 15.9. The fraction of sp³-hybridized carbons (Fsp3) is 0.269. The maximum atomic E-state index is 15.9. The first-order valence-electron chi connectivity index (χ1n) is 11.1. The van der Waals surface area contributed by atoms with Crippen LogP contribution in [0.5, 0.6) is 0 Å². The molecule has 5 rings (SSSR count). The fourth-order valence-corrected chi connectivity index (χ4v) is 4.84. The molecule has 3 aromatic rings. The zero-order chi connectivity index (χ0) is 24.7. The number of fused-ring (bicyclic) bond motifs is 1. The predicted octanol–water partition coefficient (Wildman–Crippen LogP) is 5.39. The minimum atomic E-state index is -1.63. The summed E-state index contributed by atoms with van der Waals surface area (Å²) in [5.74, 6) is -1.53. The van der Waals surface area contributed by atoms with Gasteiger partial charge in [0.1, 0.15) is 5.82 Å². The summed E-state index contributed by atoms with van der Waals surface area (Å²) in [7, 11) is 0. The van der Waals surface area contributed by atoms with Crippen molar-refractivity contribution in [3.8, 4) is 0 Å². The topological polar surface area (TPSA) is 68.7 Å². The number of aromatic nitrogens is 1. The molecular formula is C26H21Cl2FN2O4. The lowest BCUT2D eigenvalue weighted by molar-refractivity contribution is -0.148. The van der Waals surface area contributed by atoms with Gasteiger partial charge in [0, 0.05) is 29.0 Å². The third kappa shape index (κ3) is 4.23. The Morgan fingerprint density at radius 2 is 1.94 bits per heavy atom. The molecule has 0 N–H and O–H groups in total. The molecule has 180 valence electrons. The Kier molecular flexibility index (Phi) is 6.36. The lowest BCUT2D eigenvalue weighted by Crippen LogP contribution is -2.49. The number of benzene rings is 2. The van der Waals surface area contributed by atoms with Gasteiger partial charge in [-0.05, 0) is 49.7 Å². The maximum Gasteiger partial charge on any atom is 0.257 e. The summed E-state index contributed by atoms with van der Waals surface area (Å²) in [6.45, 7) is 2.14. The molecule has 6 nitrogen and oxygen atoms in total. The van der Waals surface area contributed by atoms with E-state index in [4.69, 9.17) is 32.7 Å². The van der Waals surface area contributed by atoms with Crippen molar-refractivity contribution >= 4 is 34.9 Å². The van der Waals surface area contributed by atoms with Crippen LogP contribution in [0.15, 0.2) is 54.7 Å². The molecule has 1 fully saturated rings. The van der Waals surface area contributed by atoms with Crippen LogP contribution in [-0.2, 0) is 21.7 Å². The molecule has 0 saturated carbocycles. The molecule has 1 saturated heterocycles. The Morgan fingerprint density at radius 1 is 1.20 bits per heavy atom. The summed E-state index contributed by atoms with van der Waals surface area (Å²) < 4.78 is 28.0. The second-order valence-electron chi connectivity index (χ2n) is 8.55. The number of rotatable bonds is 6. The van der Waals surface area contributed by atoms with E-state index in [0.29, 0.717) is 40.9 Å². The lowest BCUT2D eigenvalue weighted by atomic mass is 9.91. The summed E-state index contributed by atoms with van der Waals surface area (Å²) in [4.78, 5) is 31.7. The molecule has 2 atom stereocenters. The average molecular weight is 515 g/mol. The summed E-state index contributed by atoms with van der Waals surface area (Å²) in [6.07, 6.45) is 1.67. The molecular weight excluding hydrogens is 494 g/mol. The normalized spacial score (nSPS) is 21.4. The van der Waals surface area contributed by atoms with Gasteiger partial charge in [-0.25, -0.2) is 4.39 Å². The van der Waals surface area contributed by atoms with Crippen molar-refractivity contribution in [3.05, 3.63) is 98.5 Å². The van der Waals surface area contributed by atoms with Crippen LogP contribution >= 0.6 is 23.2 Å². The number of ether oxygens (including phenoxy) is 2. The number of carbonyl (C=O) groups is 2. The highest BCUT2D eigenvalue weighted by molar-refractivity contribution is 6.30. The van der Waals surface area contributed by atoms with Crippen molar-refractivity contribution in [2.45, 2.75) is 31.7 Å². The predicted molar refractivity (Wildman–Crippen MR) is 128 cm³/mol. The van der Waals surface area contributed by atoms with Crippen LogP contribution < -0.4 is 0 Å². The van der Waals surface area contributed by atoms with E-state index in [-0.39, 0.29) is 29.0 Å². The van der Waals surface area contributed by atoms with Gasteiger partial charge in [-0.15, -0.1) is 0 Å². The molecule has 9 heteroatoms. The summed E-state index contributed by atoms with van der Waals surface area (Å²) in [5.41, 5.74) is -0.350.